The molecule has 0 aliphatic rings. The molecule has 0 amide bonds. The smallest absolute Gasteiger partial charge is 0.297 e. The van der Waals surface area contributed by atoms with Crippen LogP contribution >= 0.6 is 0 Å². The number of rotatable bonds is 4. The summed E-state index contributed by atoms with van der Waals surface area (Å²) in [4.78, 5) is 11.7. The van der Waals surface area contributed by atoms with Gasteiger partial charge in [-0.1, -0.05) is 18.2 Å². The van der Waals surface area contributed by atoms with Crippen LogP contribution in [0, 0.1) is 11.3 Å². The molecule has 8 heteroatoms. The van der Waals surface area contributed by atoms with Crippen LogP contribution in [0.5, 0.6) is 0 Å². The fourth-order valence-electron chi connectivity index (χ4n) is 1.57. The summed E-state index contributed by atoms with van der Waals surface area (Å²) in [6.45, 7) is 0. The molecule has 4 nitrogen and oxygen atoms in total. The second-order valence-corrected chi connectivity index (χ2v) is 6.36. The van der Waals surface area contributed by atoms with E-state index in [2.05, 4.69) is 0 Å². The van der Waals surface area contributed by atoms with Gasteiger partial charge in [0.05, 0.1) is 11.6 Å². The normalized spacial score (nSPS) is 13.6. The summed E-state index contributed by atoms with van der Waals surface area (Å²) in [6.07, 6.45) is -3.79. The van der Waals surface area contributed by atoms with Gasteiger partial charge < -0.3 is 0 Å². The topological polar surface area (TPSA) is 75.0 Å². The minimum absolute atomic E-state index is 0.170. The predicted octanol–water partition coefficient (Wildman–Crippen LogP) is 1.93. The monoisotopic (exact) mass is 305 g/mol. The van der Waals surface area contributed by atoms with E-state index >= 15 is 0 Å². The number of hydrogen-bond donors (Lipinski definition) is 0. The van der Waals surface area contributed by atoms with E-state index < -0.39 is 39.0 Å². The Morgan fingerprint density at radius 3 is 2.45 bits per heavy atom. The number of halogens is 3. The quantitative estimate of drug-likeness (QED) is 0.851. The van der Waals surface area contributed by atoms with Gasteiger partial charge in [0.15, 0.2) is 15.6 Å². The molecule has 0 saturated carbocycles. The highest BCUT2D eigenvalue weighted by Gasteiger charge is 2.32. The Morgan fingerprint density at radius 2 is 2.00 bits per heavy atom. The standard InChI is InChI=1S/C12H10F3NO3S/c1-20(18,19)7-11(17)10(6-16)8-3-2-4-9(5-8)12(13,14)15/h2-5,10H,7H2,1H3. The third-order valence-corrected chi connectivity index (χ3v) is 3.21. The zero-order valence-corrected chi connectivity index (χ0v) is 11.1. The maximum Gasteiger partial charge on any atom is 0.416 e. The second-order valence-electron chi connectivity index (χ2n) is 4.22. The Bertz CT molecular complexity index is 659. The van der Waals surface area contributed by atoms with Crippen molar-refractivity contribution in [3.63, 3.8) is 0 Å². The summed E-state index contributed by atoms with van der Waals surface area (Å²) in [5.41, 5.74) is -1.17. The number of alkyl halides is 3. The molecule has 0 saturated heterocycles. The molecule has 0 spiro atoms. The highest BCUT2D eigenvalue weighted by atomic mass is 32.2. The third kappa shape index (κ3) is 4.35. The van der Waals surface area contributed by atoms with Crippen molar-refractivity contribution in [1.82, 2.24) is 0 Å². The summed E-state index contributed by atoms with van der Waals surface area (Å²) < 4.78 is 59.6. The molecular weight excluding hydrogens is 295 g/mol. The zero-order valence-electron chi connectivity index (χ0n) is 10.3. The molecule has 0 bridgehead atoms. The number of hydrogen-bond acceptors (Lipinski definition) is 4. The Labute approximate surface area is 113 Å². The maximum atomic E-state index is 12.5. The lowest BCUT2D eigenvalue weighted by molar-refractivity contribution is -0.137. The summed E-state index contributed by atoms with van der Waals surface area (Å²) in [5.74, 6) is -3.37. The number of carbonyl (C=O) groups is 1. The lowest BCUT2D eigenvalue weighted by Crippen LogP contribution is -2.21. The number of nitriles is 1. The van der Waals surface area contributed by atoms with Crippen LogP contribution in [0.1, 0.15) is 17.0 Å². The highest BCUT2D eigenvalue weighted by Crippen LogP contribution is 2.31. The predicted molar refractivity (Wildman–Crippen MR) is 64.5 cm³/mol. The molecule has 1 rings (SSSR count). The van der Waals surface area contributed by atoms with Crippen molar-refractivity contribution < 1.29 is 26.4 Å². The number of benzene rings is 1. The molecule has 0 aliphatic heterocycles. The van der Waals surface area contributed by atoms with Crippen molar-refractivity contribution in [2.75, 3.05) is 12.0 Å². The minimum Gasteiger partial charge on any atom is -0.297 e. The minimum atomic E-state index is -4.60. The van der Waals surface area contributed by atoms with E-state index in [9.17, 15) is 26.4 Å². The van der Waals surface area contributed by atoms with Gasteiger partial charge >= 0.3 is 6.18 Å². The largest absolute Gasteiger partial charge is 0.416 e. The van der Waals surface area contributed by atoms with Gasteiger partial charge in [-0.05, 0) is 11.6 Å². The van der Waals surface area contributed by atoms with Crippen LogP contribution < -0.4 is 0 Å². The first kappa shape index (κ1) is 16.2. The van der Waals surface area contributed by atoms with E-state index in [-0.39, 0.29) is 5.56 Å². The molecule has 0 radical (unpaired) electrons. The van der Waals surface area contributed by atoms with Gasteiger partial charge in [-0.15, -0.1) is 0 Å². The molecular formula is C12H10F3NO3S. The van der Waals surface area contributed by atoms with Crippen molar-refractivity contribution in [3.05, 3.63) is 35.4 Å². The van der Waals surface area contributed by atoms with Gasteiger partial charge in [0.25, 0.3) is 0 Å². The average molecular weight is 305 g/mol. The fraction of sp³-hybridized carbons (Fsp3) is 0.333. The van der Waals surface area contributed by atoms with E-state index in [0.29, 0.717) is 6.07 Å². The Balaban J connectivity index is 3.15. The molecule has 0 heterocycles. The van der Waals surface area contributed by atoms with Crippen LogP contribution in [0.2, 0.25) is 0 Å². The molecule has 1 aromatic carbocycles. The lowest BCUT2D eigenvalue weighted by Gasteiger charge is -2.11. The van der Waals surface area contributed by atoms with Gasteiger partial charge in [0, 0.05) is 6.26 Å². The van der Waals surface area contributed by atoms with Crippen LogP contribution in [-0.4, -0.2) is 26.2 Å². The number of Topliss-reactive ketones (excluding diaryl/α,β-unsaturated/α-hetero) is 1. The molecule has 1 atom stereocenters. The average Bonchev–Trinajstić information content (AvgIpc) is 2.26. The summed E-state index contributed by atoms with van der Waals surface area (Å²) in [7, 11) is -3.65. The van der Waals surface area contributed by atoms with Crippen molar-refractivity contribution in [2.24, 2.45) is 0 Å². The van der Waals surface area contributed by atoms with E-state index in [1.165, 1.54) is 12.1 Å². The van der Waals surface area contributed by atoms with E-state index in [1.807, 2.05) is 0 Å². The van der Waals surface area contributed by atoms with Crippen LogP contribution in [0.15, 0.2) is 24.3 Å². The molecule has 0 fully saturated rings. The summed E-state index contributed by atoms with van der Waals surface area (Å²) in [5, 5.41) is 8.89. The molecule has 1 unspecified atom stereocenters. The van der Waals surface area contributed by atoms with Gasteiger partial charge in [0.2, 0.25) is 0 Å². The molecule has 0 aliphatic carbocycles. The first-order valence-electron chi connectivity index (χ1n) is 5.32. The molecule has 108 valence electrons. The molecule has 1 aromatic rings. The molecule has 20 heavy (non-hydrogen) atoms. The van der Waals surface area contributed by atoms with Crippen molar-refractivity contribution >= 4 is 15.6 Å². The van der Waals surface area contributed by atoms with E-state index in [0.717, 1.165) is 18.4 Å². The third-order valence-electron chi connectivity index (χ3n) is 2.40. The van der Waals surface area contributed by atoms with Gasteiger partial charge in [-0.25, -0.2) is 8.42 Å². The van der Waals surface area contributed by atoms with Crippen molar-refractivity contribution in [1.29, 1.82) is 5.26 Å². The Kier molecular flexibility index (Phi) is 4.55. The maximum absolute atomic E-state index is 12.5. The fourth-order valence-corrected chi connectivity index (χ4v) is 2.25. The number of sulfone groups is 1. The van der Waals surface area contributed by atoms with Crippen LogP contribution in [0.3, 0.4) is 0 Å². The Morgan fingerprint density at radius 1 is 1.40 bits per heavy atom. The van der Waals surface area contributed by atoms with Crippen LogP contribution in [0.25, 0.3) is 0 Å². The Hall–Kier alpha value is -1.88. The second kappa shape index (κ2) is 5.63. The number of carbonyl (C=O) groups excluding carboxylic acids is 1. The first-order chi connectivity index (χ1) is 9.04. The number of nitrogens with zero attached hydrogens (tertiary/aromatic N) is 1. The van der Waals surface area contributed by atoms with Gasteiger partial charge in [-0.2, -0.15) is 18.4 Å². The first-order valence-corrected chi connectivity index (χ1v) is 7.38. The van der Waals surface area contributed by atoms with Gasteiger partial charge in [0.1, 0.15) is 11.7 Å². The van der Waals surface area contributed by atoms with Crippen LogP contribution in [-0.2, 0) is 20.8 Å². The SMILES string of the molecule is CS(=O)(=O)CC(=O)C(C#N)c1cccc(C(F)(F)F)c1. The van der Waals surface area contributed by atoms with Crippen LogP contribution in [0.4, 0.5) is 13.2 Å². The van der Waals surface area contributed by atoms with Gasteiger partial charge in [-0.3, -0.25) is 4.79 Å². The summed E-state index contributed by atoms with van der Waals surface area (Å²) >= 11 is 0. The van der Waals surface area contributed by atoms with Crippen molar-refractivity contribution in [2.45, 2.75) is 12.1 Å². The molecule has 0 N–H and O–H groups in total. The van der Waals surface area contributed by atoms with E-state index in [1.54, 1.807) is 0 Å². The lowest BCUT2D eigenvalue weighted by atomic mass is 9.95. The van der Waals surface area contributed by atoms with E-state index in [4.69, 9.17) is 5.26 Å². The highest BCUT2D eigenvalue weighted by molar-refractivity contribution is 7.91. The summed E-state index contributed by atoms with van der Waals surface area (Å²) in [6, 6.07) is 5.27. The van der Waals surface area contributed by atoms with Crippen molar-refractivity contribution in [3.8, 4) is 6.07 Å². The number of ketones is 1. The zero-order chi connectivity index (χ0) is 15.6. The molecule has 0 aromatic heterocycles.